The molecule has 0 radical (unpaired) electrons. The van der Waals surface area contributed by atoms with E-state index in [2.05, 4.69) is 29.5 Å². The van der Waals surface area contributed by atoms with E-state index in [0.717, 1.165) is 30.1 Å². The highest BCUT2D eigenvalue weighted by atomic mass is 32.1. The molecular formula is C16H22N2OS. The third-order valence-electron chi connectivity index (χ3n) is 3.09. The Morgan fingerprint density at radius 3 is 2.70 bits per heavy atom. The van der Waals surface area contributed by atoms with E-state index in [1.165, 1.54) is 4.88 Å². The fraction of sp³-hybridized carbons (Fsp3) is 0.375. The van der Waals surface area contributed by atoms with Crippen molar-refractivity contribution in [2.75, 3.05) is 24.2 Å². The minimum Gasteiger partial charge on any atom is -0.489 e. The van der Waals surface area contributed by atoms with Crippen LogP contribution in [0.1, 0.15) is 18.7 Å². The lowest BCUT2D eigenvalue weighted by atomic mass is 10.2. The molecule has 0 aliphatic rings. The van der Waals surface area contributed by atoms with Crippen molar-refractivity contribution in [1.29, 1.82) is 0 Å². The van der Waals surface area contributed by atoms with Crippen LogP contribution in [0.2, 0.25) is 0 Å². The minimum absolute atomic E-state index is 0.129. The standard InChI is InChI=1S/C16H22N2OS/c1-12(2)19-15-8-4-7-14(16(15)17)18(3)10-9-13-6-5-11-20-13/h4-8,11-12H,9-10,17H2,1-3H3. The average Bonchev–Trinajstić information content (AvgIpc) is 2.91. The first kappa shape index (κ1) is 14.7. The van der Waals surface area contributed by atoms with Gasteiger partial charge in [-0.05, 0) is 43.8 Å². The minimum atomic E-state index is 0.129. The van der Waals surface area contributed by atoms with Gasteiger partial charge in [-0.15, -0.1) is 11.3 Å². The summed E-state index contributed by atoms with van der Waals surface area (Å²) in [7, 11) is 2.07. The Balaban J connectivity index is 2.07. The van der Waals surface area contributed by atoms with E-state index >= 15 is 0 Å². The van der Waals surface area contributed by atoms with Gasteiger partial charge < -0.3 is 15.4 Å². The third-order valence-corrected chi connectivity index (χ3v) is 4.03. The Labute approximate surface area is 125 Å². The number of hydrogen-bond acceptors (Lipinski definition) is 4. The summed E-state index contributed by atoms with van der Waals surface area (Å²) in [5.41, 5.74) is 7.96. The number of anilines is 2. The van der Waals surface area contributed by atoms with Gasteiger partial charge in [0, 0.05) is 18.5 Å². The average molecular weight is 290 g/mol. The van der Waals surface area contributed by atoms with Crippen LogP contribution in [0.15, 0.2) is 35.7 Å². The highest BCUT2D eigenvalue weighted by Gasteiger charge is 2.11. The lowest BCUT2D eigenvalue weighted by Crippen LogP contribution is -2.21. The van der Waals surface area contributed by atoms with Crippen LogP contribution in [-0.2, 0) is 6.42 Å². The molecule has 1 aromatic heterocycles. The highest BCUT2D eigenvalue weighted by molar-refractivity contribution is 7.09. The van der Waals surface area contributed by atoms with E-state index in [4.69, 9.17) is 10.5 Å². The monoisotopic (exact) mass is 290 g/mol. The van der Waals surface area contributed by atoms with Crippen molar-refractivity contribution < 1.29 is 4.74 Å². The summed E-state index contributed by atoms with van der Waals surface area (Å²) in [5.74, 6) is 0.764. The maximum absolute atomic E-state index is 6.22. The molecule has 0 spiro atoms. The second kappa shape index (κ2) is 6.66. The topological polar surface area (TPSA) is 38.5 Å². The predicted molar refractivity (Wildman–Crippen MR) is 87.9 cm³/mol. The van der Waals surface area contributed by atoms with Gasteiger partial charge in [0.2, 0.25) is 0 Å². The Morgan fingerprint density at radius 2 is 2.05 bits per heavy atom. The molecular weight excluding hydrogens is 268 g/mol. The Morgan fingerprint density at radius 1 is 1.25 bits per heavy atom. The summed E-state index contributed by atoms with van der Waals surface area (Å²) in [5, 5.41) is 2.11. The highest BCUT2D eigenvalue weighted by Crippen LogP contribution is 2.32. The number of likely N-dealkylation sites (N-methyl/N-ethyl adjacent to an activating group) is 1. The number of ether oxygens (including phenoxy) is 1. The largest absolute Gasteiger partial charge is 0.489 e. The summed E-state index contributed by atoms with van der Waals surface area (Å²) in [4.78, 5) is 3.58. The number of nitrogens with zero attached hydrogens (tertiary/aromatic N) is 1. The quantitative estimate of drug-likeness (QED) is 0.822. The molecule has 2 aromatic rings. The Kier molecular flexibility index (Phi) is 4.90. The van der Waals surface area contributed by atoms with Gasteiger partial charge in [-0.25, -0.2) is 0 Å². The van der Waals surface area contributed by atoms with Crippen LogP contribution in [0.25, 0.3) is 0 Å². The van der Waals surface area contributed by atoms with Crippen LogP contribution in [0, 0.1) is 0 Å². The number of nitrogen functional groups attached to an aromatic ring is 1. The van der Waals surface area contributed by atoms with Crippen molar-refractivity contribution in [3.05, 3.63) is 40.6 Å². The van der Waals surface area contributed by atoms with Crippen LogP contribution in [0.4, 0.5) is 11.4 Å². The van der Waals surface area contributed by atoms with Gasteiger partial charge in [-0.1, -0.05) is 12.1 Å². The van der Waals surface area contributed by atoms with Crippen molar-refractivity contribution >= 4 is 22.7 Å². The molecule has 0 saturated carbocycles. The van der Waals surface area contributed by atoms with Crippen molar-refractivity contribution in [2.24, 2.45) is 0 Å². The second-order valence-corrected chi connectivity index (χ2v) is 6.14. The molecule has 0 amide bonds. The second-order valence-electron chi connectivity index (χ2n) is 5.11. The predicted octanol–water partition coefficient (Wildman–Crippen LogP) is 3.80. The smallest absolute Gasteiger partial charge is 0.144 e. The zero-order valence-corrected chi connectivity index (χ0v) is 13.1. The molecule has 0 saturated heterocycles. The van der Waals surface area contributed by atoms with Gasteiger partial charge in [-0.2, -0.15) is 0 Å². The summed E-state index contributed by atoms with van der Waals surface area (Å²) in [6, 6.07) is 10.2. The molecule has 0 atom stereocenters. The fourth-order valence-corrected chi connectivity index (χ4v) is 2.77. The molecule has 0 fully saturated rings. The number of hydrogen-bond donors (Lipinski definition) is 1. The summed E-state index contributed by atoms with van der Waals surface area (Å²) in [6.07, 6.45) is 1.16. The summed E-state index contributed by atoms with van der Waals surface area (Å²) in [6.45, 7) is 4.95. The summed E-state index contributed by atoms with van der Waals surface area (Å²) >= 11 is 1.79. The Hall–Kier alpha value is -1.68. The van der Waals surface area contributed by atoms with E-state index < -0.39 is 0 Å². The maximum atomic E-state index is 6.22. The van der Waals surface area contributed by atoms with Gasteiger partial charge in [0.25, 0.3) is 0 Å². The third kappa shape index (κ3) is 3.67. The van der Waals surface area contributed by atoms with Crippen LogP contribution >= 0.6 is 11.3 Å². The Bertz CT molecular complexity index is 537. The van der Waals surface area contributed by atoms with Crippen LogP contribution < -0.4 is 15.4 Å². The molecule has 2 rings (SSSR count). The first-order valence-corrected chi connectivity index (χ1v) is 7.74. The number of para-hydroxylation sites is 1. The molecule has 108 valence electrons. The lowest BCUT2D eigenvalue weighted by molar-refractivity contribution is 0.244. The molecule has 0 aliphatic heterocycles. The molecule has 0 bridgehead atoms. The van der Waals surface area contributed by atoms with Crippen LogP contribution in [0.5, 0.6) is 5.75 Å². The zero-order chi connectivity index (χ0) is 14.5. The van der Waals surface area contributed by atoms with Crippen molar-refractivity contribution in [2.45, 2.75) is 26.4 Å². The molecule has 4 heteroatoms. The van der Waals surface area contributed by atoms with Crippen molar-refractivity contribution in [1.82, 2.24) is 0 Å². The first-order valence-electron chi connectivity index (χ1n) is 6.86. The molecule has 20 heavy (non-hydrogen) atoms. The fourth-order valence-electron chi connectivity index (χ4n) is 2.08. The maximum Gasteiger partial charge on any atom is 0.144 e. The molecule has 2 N–H and O–H groups in total. The van der Waals surface area contributed by atoms with Crippen molar-refractivity contribution in [3.63, 3.8) is 0 Å². The normalized spacial score (nSPS) is 10.8. The van der Waals surface area contributed by atoms with Gasteiger partial charge in [0.15, 0.2) is 0 Å². The van der Waals surface area contributed by atoms with Gasteiger partial charge in [0.1, 0.15) is 5.75 Å². The van der Waals surface area contributed by atoms with Gasteiger partial charge in [0.05, 0.1) is 17.5 Å². The van der Waals surface area contributed by atoms with E-state index in [1.807, 2.05) is 32.0 Å². The number of nitrogens with two attached hydrogens (primary N) is 1. The molecule has 0 unspecified atom stereocenters. The van der Waals surface area contributed by atoms with Gasteiger partial charge in [-0.3, -0.25) is 0 Å². The van der Waals surface area contributed by atoms with Crippen LogP contribution in [-0.4, -0.2) is 19.7 Å². The number of benzene rings is 1. The number of rotatable bonds is 6. The first-order chi connectivity index (χ1) is 9.58. The van der Waals surface area contributed by atoms with E-state index in [9.17, 15) is 0 Å². The molecule has 3 nitrogen and oxygen atoms in total. The zero-order valence-electron chi connectivity index (χ0n) is 12.3. The SMILES string of the molecule is CC(C)Oc1cccc(N(C)CCc2cccs2)c1N. The van der Waals surface area contributed by atoms with Gasteiger partial charge >= 0.3 is 0 Å². The lowest BCUT2D eigenvalue weighted by Gasteiger charge is -2.23. The molecule has 1 aromatic carbocycles. The molecule has 0 aliphatic carbocycles. The van der Waals surface area contributed by atoms with Crippen LogP contribution in [0.3, 0.4) is 0 Å². The van der Waals surface area contributed by atoms with E-state index in [1.54, 1.807) is 11.3 Å². The van der Waals surface area contributed by atoms with E-state index in [0.29, 0.717) is 0 Å². The number of thiophene rings is 1. The summed E-state index contributed by atoms with van der Waals surface area (Å²) < 4.78 is 5.74. The molecule has 1 heterocycles. The van der Waals surface area contributed by atoms with E-state index in [-0.39, 0.29) is 6.10 Å². The van der Waals surface area contributed by atoms with Crippen molar-refractivity contribution in [3.8, 4) is 5.75 Å².